The van der Waals surface area contributed by atoms with E-state index in [1.54, 1.807) is 6.92 Å². The number of halogens is 2. The fourth-order valence-electron chi connectivity index (χ4n) is 2.13. The van der Waals surface area contributed by atoms with Crippen LogP contribution in [-0.2, 0) is 0 Å². The number of amides is 1. The van der Waals surface area contributed by atoms with Gasteiger partial charge in [0.25, 0.3) is 5.91 Å². The van der Waals surface area contributed by atoms with E-state index in [9.17, 15) is 9.18 Å². The molecule has 0 heterocycles. The van der Waals surface area contributed by atoms with Crippen molar-refractivity contribution >= 4 is 17.5 Å². The van der Waals surface area contributed by atoms with Crippen molar-refractivity contribution in [1.29, 1.82) is 0 Å². The molecule has 1 aromatic carbocycles. The Bertz CT molecular complexity index is 432. The van der Waals surface area contributed by atoms with Crippen molar-refractivity contribution < 1.29 is 9.18 Å². The maximum Gasteiger partial charge on any atom is 0.251 e. The minimum Gasteiger partial charge on any atom is -0.351 e. The lowest BCUT2D eigenvalue weighted by Crippen LogP contribution is -2.33. The SMILES string of the molecule is CCC(CC)C(Cl)CNC(=O)c1ccc(F)cc1C. The summed E-state index contributed by atoms with van der Waals surface area (Å²) in [6.07, 6.45) is 1.99. The third-order valence-corrected chi connectivity index (χ3v) is 3.96. The van der Waals surface area contributed by atoms with Crippen molar-refractivity contribution in [1.82, 2.24) is 5.32 Å². The molecule has 0 aromatic heterocycles. The van der Waals surface area contributed by atoms with Gasteiger partial charge >= 0.3 is 0 Å². The Labute approximate surface area is 119 Å². The van der Waals surface area contributed by atoms with Gasteiger partial charge in [0, 0.05) is 12.1 Å². The molecular weight excluding hydrogens is 265 g/mol. The third kappa shape index (κ3) is 4.50. The van der Waals surface area contributed by atoms with Gasteiger partial charge in [0.15, 0.2) is 0 Å². The normalized spacial score (nSPS) is 12.5. The van der Waals surface area contributed by atoms with E-state index in [-0.39, 0.29) is 17.1 Å². The van der Waals surface area contributed by atoms with E-state index in [0.29, 0.717) is 23.6 Å². The van der Waals surface area contributed by atoms with Gasteiger partial charge in [-0.3, -0.25) is 4.79 Å². The smallest absolute Gasteiger partial charge is 0.251 e. The second-order valence-electron chi connectivity index (χ2n) is 4.76. The minimum atomic E-state index is -0.332. The summed E-state index contributed by atoms with van der Waals surface area (Å²) in [6, 6.07) is 4.15. The van der Waals surface area contributed by atoms with Gasteiger partial charge in [0.2, 0.25) is 0 Å². The van der Waals surface area contributed by atoms with Crippen molar-refractivity contribution in [2.24, 2.45) is 5.92 Å². The Kier molecular flexibility index (Phi) is 6.29. The molecule has 19 heavy (non-hydrogen) atoms. The highest BCUT2D eigenvalue weighted by atomic mass is 35.5. The molecule has 0 aliphatic rings. The van der Waals surface area contributed by atoms with Crippen molar-refractivity contribution in [3.05, 3.63) is 35.1 Å². The lowest BCUT2D eigenvalue weighted by Gasteiger charge is -2.19. The number of hydrogen-bond donors (Lipinski definition) is 1. The van der Waals surface area contributed by atoms with E-state index in [2.05, 4.69) is 19.2 Å². The monoisotopic (exact) mass is 285 g/mol. The molecule has 1 unspecified atom stereocenters. The molecule has 1 rings (SSSR count). The highest BCUT2D eigenvalue weighted by molar-refractivity contribution is 6.21. The first-order valence-electron chi connectivity index (χ1n) is 6.68. The van der Waals surface area contributed by atoms with E-state index in [4.69, 9.17) is 11.6 Å². The van der Waals surface area contributed by atoms with Gasteiger partial charge in [-0.05, 0) is 36.6 Å². The molecular formula is C15H21ClFNO. The summed E-state index contributed by atoms with van der Waals surface area (Å²) in [5.41, 5.74) is 1.13. The second kappa shape index (κ2) is 7.49. The van der Waals surface area contributed by atoms with Crippen LogP contribution in [0.3, 0.4) is 0 Å². The Balaban J connectivity index is 2.60. The van der Waals surface area contributed by atoms with E-state index in [0.717, 1.165) is 12.8 Å². The topological polar surface area (TPSA) is 29.1 Å². The molecule has 1 N–H and O–H groups in total. The summed E-state index contributed by atoms with van der Waals surface area (Å²) in [7, 11) is 0. The Morgan fingerprint density at radius 2 is 2.00 bits per heavy atom. The van der Waals surface area contributed by atoms with Crippen LogP contribution in [0.1, 0.15) is 42.6 Å². The second-order valence-corrected chi connectivity index (χ2v) is 5.32. The van der Waals surface area contributed by atoms with Crippen molar-refractivity contribution in [3.63, 3.8) is 0 Å². The fourth-order valence-corrected chi connectivity index (χ4v) is 2.57. The summed E-state index contributed by atoms with van der Waals surface area (Å²) in [5, 5.41) is 2.75. The summed E-state index contributed by atoms with van der Waals surface area (Å²) in [5.74, 6) is -0.133. The average Bonchev–Trinajstić information content (AvgIpc) is 2.37. The standard InChI is InChI=1S/C15H21ClFNO/c1-4-11(5-2)14(16)9-18-15(19)13-7-6-12(17)8-10(13)3/h6-8,11,14H,4-5,9H2,1-3H3,(H,18,19). The van der Waals surface area contributed by atoms with Crippen LogP contribution in [-0.4, -0.2) is 17.8 Å². The van der Waals surface area contributed by atoms with Crippen molar-refractivity contribution in [2.45, 2.75) is 39.0 Å². The number of carbonyl (C=O) groups is 1. The van der Waals surface area contributed by atoms with Crippen LogP contribution < -0.4 is 5.32 Å². The van der Waals surface area contributed by atoms with Crippen LogP contribution in [0.4, 0.5) is 4.39 Å². The summed E-state index contributed by atoms with van der Waals surface area (Å²) < 4.78 is 13.0. The van der Waals surface area contributed by atoms with E-state index < -0.39 is 0 Å². The molecule has 1 atom stereocenters. The zero-order chi connectivity index (χ0) is 14.4. The molecule has 1 aromatic rings. The Hall–Kier alpha value is -1.09. The summed E-state index contributed by atoms with van der Waals surface area (Å²) in [6.45, 7) is 6.34. The maximum atomic E-state index is 13.0. The molecule has 0 aliphatic carbocycles. The predicted octanol–water partition coefficient (Wildman–Crippen LogP) is 3.91. The van der Waals surface area contributed by atoms with Crippen LogP contribution in [0.25, 0.3) is 0 Å². The molecule has 0 saturated carbocycles. The molecule has 2 nitrogen and oxygen atoms in total. The highest BCUT2D eigenvalue weighted by Crippen LogP contribution is 2.18. The number of carbonyl (C=O) groups excluding carboxylic acids is 1. The van der Waals surface area contributed by atoms with E-state index in [1.165, 1.54) is 18.2 Å². The molecule has 0 bridgehead atoms. The van der Waals surface area contributed by atoms with Gasteiger partial charge in [0.1, 0.15) is 5.82 Å². The number of alkyl halides is 1. The van der Waals surface area contributed by atoms with Crippen molar-refractivity contribution in [2.75, 3.05) is 6.54 Å². The highest BCUT2D eigenvalue weighted by Gasteiger charge is 2.17. The van der Waals surface area contributed by atoms with Gasteiger partial charge in [-0.25, -0.2) is 4.39 Å². The number of benzene rings is 1. The van der Waals surface area contributed by atoms with Crippen molar-refractivity contribution in [3.8, 4) is 0 Å². The first kappa shape index (κ1) is 16.0. The average molecular weight is 286 g/mol. The first-order chi connectivity index (χ1) is 8.99. The largest absolute Gasteiger partial charge is 0.351 e. The molecule has 1 amide bonds. The Morgan fingerprint density at radius 1 is 1.37 bits per heavy atom. The fraction of sp³-hybridized carbons (Fsp3) is 0.533. The van der Waals surface area contributed by atoms with Crippen LogP contribution >= 0.6 is 11.6 Å². The van der Waals surface area contributed by atoms with Crippen LogP contribution in [0.15, 0.2) is 18.2 Å². The van der Waals surface area contributed by atoms with Gasteiger partial charge in [0.05, 0.1) is 5.38 Å². The van der Waals surface area contributed by atoms with Crippen LogP contribution in [0.5, 0.6) is 0 Å². The number of rotatable bonds is 6. The molecule has 0 fully saturated rings. The summed E-state index contributed by atoms with van der Waals surface area (Å²) in [4.78, 5) is 12.0. The van der Waals surface area contributed by atoms with Gasteiger partial charge in [-0.1, -0.05) is 26.7 Å². The molecule has 4 heteroatoms. The van der Waals surface area contributed by atoms with E-state index in [1.807, 2.05) is 0 Å². The molecule has 0 saturated heterocycles. The van der Waals surface area contributed by atoms with Gasteiger partial charge < -0.3 is 5.32 Å². The first-order valence-corrected chi connectivity index (χ1v) is 7.11. The minimum absolute atomic E-state index is 0.0697. The molecule has 0 spiro atoms. The van der Waals surface area contributed by atoms with Gasteiger partial charge in [-0.2, -0.15) is 0 Å². The van der Waals surface area contributed by atoms with Crippen LogP contribution in [0.2, 0.25) is 0 Å². The zero-order valence-electron chi connectivity index (χ0n) is 11.7. The summed E-state index contributed by atoms with van der Waals surface area (Å²) >= 11 is 6.27. The third-order valence-electron chi connectivity index (χ3n) is 3.45. The number of nitrogens with one attached hydrogen (secondary N) is 1. The molecule has 0 radical (unpaired) electrons. The van der Waals surface area contributed by atoms with Crippen LogP contribution in [0, 0.1) is 18.7 Å². The number of aryl methyl sites for hydroxylation is 1. The zero-order valence-corrected chi connectivity index (χ0v) is 12.4. The quantitative estimate of drug-likeness (QED) is 0.789. The van der Waals surface area contributed by atoms with E-state index >= 15 is 0 Å². The maximum absolute atomic E-state index is 13.0. The Morgan fingerprint density at radius 3 is 2.53 bits per heavy atom. The van der Waals surface area contributed by atoms with Gasteiger partial charge in [-0.15, -0.1) is 11.6 Å². The molecule has 0 aliphatic heterocycles. The molecule has 106 valence electrons. The predicted molar refractivity (Wildman–Crippen MR) is 77.2 cm³/mol. The lowest BCUT2D eigenvalue weighted by atomic mass is 9.99. The number of hydrogen-bond acceptors (Lipinski definition) is 1. The lowest BCUT2D eigenvalue weighted by molar-refractivity contribution is 0.0951.